The second-order valence-corrected chi connectivity index (χ2v) is 21.3. The summed E-state index contributed by atoms with van der Waals surface area (Å²) in [6.07, 6.45) is 72.8. The Morgan fingerprint density at radius 1 is 0.268 bits per heavy atom. The molecule has 0 aliphatic rings. The van der Waals surface area contributed by atoms with Crippen molar-refractivity contribution in [2.45, 2.75) is 348 Å². The number of carbonyl (C=O) groups excluding carboxylic acids is 3. The van der Waals surface area contributed by atoms with E-state index in [2.05, 4.69) is 57.2 Å². The summed E-state index contributed by atoms with van der Waals surface area (Å²) < 4.78 is 16.9. The zero-order valence-corrected chi connectivity index (χ0v) is 47.8. The molecule has 1 unspecified atom stereocenters. The molecule has 0 saturated carbocycles. The van der Waals surface area contributed by atoms with Gasteiger partial charge in [0.05, 0.1) is 0 Å². The fourth-order valence-electron chi connectivity index (χ4n) is 9.31. The Morgan fingerprint density at radius 2 is 0.465 bits per heavy atom. The summed E-state index contributed by atoms with van der Waals surface area (Å²) in [7, 11) is 0. The number of hydrogen-bond acceptors (Lipinski definition) is 6. The zero-order chi connectivity index (χ0) is 51.4. The van der Waals surface area contributed by atoms with E-state index in [4.69, 9.17) is 14.2 Å². The van der Waals surface area contributed by atoms with Gasteiger partial charge in [-0.3, -0.25) is 14.4 Å². The Labute approximate surface area is 442 Å². The van der Waals surface area contributed by atoms with Gasteiger partial charge in [0.25, 0.3) is 0 Å². The van der Waals surface area contributed by atoms with Gasteiger partial charge in [-0.2, -0.15) is 0 Å². The molecule has 0 aromatic carbocycles. The van der Waals surface area contributed by atoms with Gasteiger partial charge in [-0.15, -0.1) is 0 Å². The first-order valence-corrected chi connectivity index (χ1v) is 31.5. The fourth-order valence-corrected chi connectivity index (χ4v) is 9.31. The van der Waals surface area contributed by atoms with Crippen LogP contribution in [0.25, 0.3) is 0 Å². The van der Waals surface area contributed by atoms with Crippen molar-refractivity contribution in [3.05, 3.63) is 36.5 Å². The molecular weight excluding hydrogens is 877 g/mol. The Bertz CT molecular complexity index is 1190. The molecule has 0 aromatic rings. The Hall–Kier alpha value is -2.37. The number of carbonyl (C=O) groups is 3. The number of ether oxygens (including phenoxy) is 3. The van der Waals surface area contributed by atoms with Gasteiger partial charge < -0.3 is 14.2 Å². The lowest BCUT2D eigenvalue weighted by Crippen LogP contribution is -2.30. The molecule has 416 valence electrons. The van der Waals surface area contributed by atoms with Gasteiger partial charge >= 0.3 is 17.9 Å². The maximum absolute atomic E-state index is 12.9. The van der Waals surface area contributed by atoms with Crippen molar-refractivity contribution in [1.29, 1.82) is 0 Å². The smallest absolute Gasteiger partial charge is 0.306 e. The maximum atomic E-state index is 12.9. The fraction of sp³-hybridized carbons (Fsp3) is 0.862. The summed E-state index contributed by atoms with van der Waals surface area (Å²) in [5.74, 6) is -0.878. The van der Waals surface area contributed by atoms with Crippen LogP contribution in [0.15, 0.2) is 36.5 Å². The van der Waals surface area contributed by atoms with Gasteiger partial charge in [-0.25, -0.2) is 0 Å². The van der Waals surface area contributed by atoms with Gasteiger partial charge in [0.1, 0.15) is 13.2 Å². The third-order valence-corrected chi connectivity index (χ3v) is 14.1. The van der Waals surface area contributed by atoms with Crippen LogP contribution in [0.2, 0.25) is 0 Å². The van der Waals surface area contributed by atoms with E-state index in [1.807, 2.05) is 0 Å². The number of esters is 3. The molecule has 6 heteroatoms. The Morgan fingerprint density at radius 3 is 0.704 bits per heavy atom. The van der Waals surface area contributed by atoms with Crippen molar-refractivity contribution in [3.63, 3.8) is 0 Å². The average Bonchev–Trinajstić information content (AvgIpc) is 3.37. The highest BCUT2D eigenvalue weighted by Crippen LogP contribution is 2.16. The molecule has 71 heavy (non-hydrogen) atoms. The van der Waals surface area contributed by atoms with Crippen LogP contribution < -0.4 is 0 Å². The molecule has 0 fully saturated rings. The van der Waals surface area contributed by atoms with Crippen molar-refractivity contribution in [2.75, 3.05) is 13.2 Å². The van der Waals surface area contributed by atoms with Gasteiger partial charge in [-0.1, -0.05) is 263 Å². The van der Waals surface area contributed by atoms with Crippen molar-refractivity contribution in [1.82, 2.24) is 0 Å². The standard InChI is InChI=1S/C65H120O6/c1-4-7-10-13-16-19-22-25-28-31-34-37-40-43-46-49-52-55-58-64(67)70-61-62(60-69-63(66)57-54-51-48-45-42-39-36-33-30-27-24-21-18-15-12-9-6-3)71-65(68)59-56-53-50-47-44-41-38-35-32-29-26-23-20-17-14-11-8-5-2/h27,30,34-35,37-38,62H,4-26,28-29,31-33,36,39-61H2,1-3H3/b30-27-,37-34-,38-35-. The van der Waals surface area contributed by atoms with Gasteiger partial charge in [0, 0.05) is 19.3 Å². The van der Waals surface area contributed by atoms with E-state index in [0.29, 0.717) is 19.3 Å². The maximum Gasteiger partial charge on any atom is 0.306 e. The second-order valence-electron chi connectivity index (χ2n) is 21.3. The lowest BCUT2D eigenvalue weighted by atomic mass is 10.1. The molecule has 0 bridgehead atoms. The van der Waals surface area contributed by atoms with E-state index in [1.54, 1.807) is 0 Å². The molecule has 1 atom stereocenters. The van der Waals surface area contributed by atoms with Crippen LogP contribution in [-0.4, -0.2) is 37.2 Å². The summed E-state index contributed by atoms with van der Waals surface area (Å²) in [6.45, 7) is 6.67. The largest absolute Gasteiger partial charge is 0.462 e. The first-order valence-electron chi connectivity index (χ1n) is 31.5. The molecule has 0 rings (SSSR count). The van der Waals surface area contributed by atoms with Crippen molar-refractivity contribution < 1.29 is 28.6 Å². The summed E-state index contributed by atoms with van der Waals surface area (Å²) in [4.78, 5) is 38.3. The molecule has 0 amide bonds. The Balaban J connectivity index is 4.37. The molecular formula is C65H120O6. The number of hydrogen-bond donors (Lipinski definition) is 0. The van der Waals surface area contributed by atoms with Crippen molar-refractivity contribution >= 4 is 17.9 Å². The van der Waals surface area contributed by atoms with Crippen molar-refractivity contribution in [3.8, 4) is 0 Å². The van der Waals surface area contributed by atoms with E-state index in [0.717, 1.165) is 70.6 Å². The highest BCUT2D eigenvalue weighted by molar-refractivity contribution is 5.71. The molecule has 0 spiro atoms. The highest BCUT2D eigenvalue weighted by Gasteiger charge is 2.19. The van der Waals surface area contributed by atoms with E-state index in [1.165, 1.54) is 231 Å². The molecule has 0 aromatic heterocycles. The lowest BCUT2D eigenvalue weighted by Gasteiger charge is -2.18. The molecule has 0 aliphatic heterocycles. The number of allylic oxidation sites excluding steroid dienone is 6. The van der Waals surface area contributed by atoms with Crippen LogP contribution in [0.1, 0.15) is 342 Å². The molecule has 0 radical (unpaired) electrons. The summed E-state index contributed by atoms with van der Waals surface area (Å²) in [6, 6.07) is 0. The third-order valence-electron chi connectivity index (χ3n) is 14.1. The van der Waals surface area contributed by atoms with Gasteiger partial charge in [0.2, 0.25) is 0 Å². The van der Waals surface area contributed by atoms with Gasteiger partial charge in [0.15, 0.2) is 6.10 Å². The van der Waals surface area contributed by atoms with Crippen molar-refractivity contribution in [2.24, 2.45) is 0 Å². The quantitative estimate of drug-likeness (QED) is 0.0261. The van der Waals surface area contributed by atoms with E-state index >= 15 is 0 Å². The number of unbranched alkanes of at least 4 members (excludes halogenated alkanes) is 41. The van der Waals surface area contributed by atoms with Crippen LogP contribution in [-0.2, 0) is 28.6 Å². The van der Waals surface area contributed by atoms with Crippen LogP contribution in [0.5, 0.6) is 0 Å². The monoisotopic (exact) mass is 997 g/mol. The normalized spacial score (nSPS) is 12.2. The molecule has 0 N–H and O–H groups in total. The summed E-state index contributed by atoms with van der Waals surface area (Å²) in [5, 5.41) is 0. The average molecular weight is 998 g/mol. The highest BCUT2D eigenvalue weighted by atomic mass is 16.6. The predicted octanol–water partition coefficient (Wildman–Crippen LogP) is 21.2. The van der Waals surface area contributed by atoms with Crippen LogP contribution >= 0.6 is 0 Å². The van der Waals surface area contributed by atoms with E-state index in [-0.39, 0.29) is 31.1 Å². The summed E-state index contributed by atoms with van der Waals surface area (Å²) in [5.41, 5.74) is 0. The topological polar surface area (TPSA) is 78.9 Å². The molecule has 0 saturated heterocycles. The molecule has 0 heterocycles. The second kappa shape index (κ2) is 60.2. The summed E-state index contributed by atoms with van der Waals surface area (Å²) >= 11 is 0. The number of rotatable bonds is 58. The minimum absolute atomic E-state index is 0.0778. The molecule has 6 nitrogen and oxygen atoms in total. The first-order chi connectivity index (χ1) is 35.0. The van der Waals surface area contributed by atoms with Crippen LogP contribution in [0.4, 0.5) is 0 Å². The minimum Gasteiger partial charge on any atom is -0.462 e. The lowest BCUT2D eigenvalue weighted by molar-refractivity contribution is -0.167. The van der Waals surface area contributed by atoms with Crippen LogP contribution in [0, 0.1) is 0 Å². The van der Waals surface area contributed by atoms with Crippen LogP contribution in [0.3, 0.4) is 0 Å². The minimum atomic E-state index is -0.781. The predicted molar refractivity (Wildman–Crippen MR) is 307 cm³/mol. The SMILES string of the molecule is CCCCCCCC/C=C\CCCCCCCCCC(=O)OCC(COC(=O)CCCCCCC/C=C\CCCCCCCCCCC)OC(=O)CCCCCCC/C=C\CCCCCCCCCCC. The third kappa shape index (κ3) is 58.4. The zero-order valence-electron chi connectivity index (χ0n) is 47.8. The van der Waals surface area contributed by atoms with E-state index in [9.17, 15) is 14.4 Å². The first kappa shape index (κ1) is 68.6. The molecule has 0 aliphatic carbocycles. The van der Waals surface area contributed by atoms with E-state index < -0.39 is 6.10 Å². The Kier molecular flexibility index (Phi) is 58.2. The van der Waals surface area contributed by atoms with Gasteiger partial charge in [-0.05, 0) is 96.3 Å².